The van der Waals surface area contributed by atoms with E-state index in [0.717, 1.165) is 48.9 Å². The van der Waals surface area contributed by atoms with Crippen LogP contribution in [-0.4, -0.2) is 47.3 Å². The van der Waals surface area contributed by atoms with E-state index in [1.807, 2.05) is 56.5 Å². The smallest absolute Gasteiger partial charge is 0.242 e. The quantitative estimate of drug-likeness (QED) is 0.452. The number of nitrogens with zero attached hydrogens (tertiary/aromatic N) is 4. The number of sulfonamides is 1. The average molecular weight is 480 g/mol. The molecule has 0 saturated heterocycles. The first-order valence-corrected chi connectivity index (χ1v) is 12.5. The molecule has 34 heavy (non-hydrogen) atoms. The van der Waals surface area contributed by atoms with Crippen molar-refractivity contribution in [2.24, 2.45) is 0 Å². The second-order valence-electron chi connectivity index (χ2n) is 8.76. The predicted octanol–water partition coefficient (Wildman–Crippen LogP) is 3.94. The van der Waals surface area contributed by atoms with Crippen LogP contribution in [0.5, 0.6) is 0 Å². The van der Waals surface area contributed by atoms with Crippen molar-refractivity contribution >= 4 is 38.2 Å². The lowest BCUT2D eigenvalue weighted by Gasteiger charge is -2.17. The molecule has 178 valence electrons. The number of aryl methyl sites for hydroxylation is 3. The van der Waals surface area contributed by atoms with E-state index in [0.29, 0.717) is 12.1 Å². The second kappa shape index (κ2) is 8.81. The lowest BCUT2D eigenvalue weighted by atomic mass is 10.1. The molecule has 0 radical (unpaired) electrons. The summed E-state index contributed by atoms with van der Waals surface area (Å²) in [5.41, 5.74) is 6.63. The van der Waals surface area contributed by atoms with Gasteiger partial charge in [0.15, 0.2) is 5.65 Å². The van der Waals surface area contributed by atoms with Crippen molar-refractivity contribution in [1.82, 2.24) is 18.9 Å². The van der Waals surface area contributed by atoms with E-state index in [1.165, 1.54) is 20.2 Å². The van der Waals surface area contributed by atoms with Gasteiger partial charge in [-0.15, -0.1) is 0 Å². The Balaban J connectivity index is 1.58. The second-order valence-corrected chi connectivity index (χ2v) is 10.9. The minimum absolute atomic E-state index is 0.156. The summed E-state index contributed by atoms with van der Waals surface area (Å²) in [7, 11) is -0.635. The van der Waals surface area contributed by atoms with Crippen LogP contribution in [0.4, 0.5) is 5.69 Å². The van der Waals surface area contributed by atoms with Crippen molar-refractivity contribution in [2.45, 2.75) is 45.4 Å². The van der Waals surface area contributed by atoms with E-state index in [1.54, 1.807) is 6.07 Å². The molecule has 0 aliphatic heterocycles. The molecule has 0 atom stereocenters. The standard InChI is InChI=1S/C25H29N5O3S/c1-15-13-19(34(32,33)29(5)6)14-23(16(15)2)27-24(31)12-11-20-17(3)26-25-21-9-7-8-10-22(21)28-30(25)18(20)4/h7-10,13-14H,11-12H2,1-6H3,(H,27,31). The lowest BCUT2D eigenvalue weighted by Crippen LogP contribution is -2.23. The van der Waals surface area contributed by atoms with Crippen molar-refractivity contribution in [3.63, 3.8) is 0 Å². The van der Waals surface area contributed by atoms with E-state index in [-0.39, 0.29) is 17.2 Å². The topological polar surface area (TPSA) is 96.7 Å². The van der Waals surface area contributed by atoms with Gasteiger partial charge in [0, 0.05) is 43.0 Å². The summed E-state index contributed by atoms with van der Waals surface area (Å²) >= 11 is 0. The van der Waals surface area contributed by atoms with Crippen LogP contribution >= 0.6 is 0 Å². The van der Waals surface area contributed by atoms with Crippen LogP contribution in [-0.2, 0) is 21.2 Å². The molecular formula is C25H29N5O3S. The van der Waals surface area contributed by atoms with Gasteiger partial charge in [-0.25, -0.2) is 22.2 Å². The maximum Gasteiger partial charge on any atom is 0.242 e. The van der Waals surface area contributed by atoms with Crippen LogP contribution in [0.15, 0.2) is 41.3 Å². The molecule has 1 N–H and O–H groups in total. The predicted molar refractivity (Wildman–Crippen MR) is 134 cm³/mol. The molecule has 1 amide bonds. The van der Waals surface area contributed by atoms with E-state index in [2.05, 4.69) is 10.4 Å². The van der Waals surface area contributed by atoms with Crippen LogP contribution in [0, 0.1) is 27.7 Å². The highest BCUT2D eigenvalue weighted by atomic mass is 32.2. The third-order valence-corrected chi connectivity index (χ3v) is 8.11. The van der Waals surface area contributed by atoms with Gasteiger partial charge in [0.1, 0.15) is 0 Å². The molecule has 2 heterocycles. The van der Waals surface area contributed by atoms with Gasteiger partial charge in [0.25, 0.3) is 0 Å². The molecule has 0 aliphatic rings. The molecule has 0 spiro atoms. The van der Waals surface area contributed by atoms with Gasteiger partial charge in [0.2, 0.25) is 15.9 Å². The highest BCUT2D eigenvalue weighted by Crippen LogP contribution is 2.26. The zero-order chi connectivity index (χ0) is 24.8. The van der Waals surface area contributed by atoms with Gasteiger partial charge in [-0.2, -0.15) is 5.10 Å². The highest BCUT2D eigenvalue weighted by molar-refractivity contribution is 7.89. The minimum Gasteiger partial charge on any atom is -0.326 e. The zero-order valence-electron chi connectivity index (χ0n) is 20.3. The van der Waals surface area contributed by atoms with Gasteiger partial charge in [-0.05, 0) is 75.1 Å². The fourth-order valence-corrected chi connectivity index (χ4v) is 5.12. The summed E-state index contributed by atoms with van der Waals surface area (Å²) in [6.07, 6.45) is 0.731. The zero-order valence-corrected chi connectivity index (χ0v) is 21.1. The summed E-state index contributed by atoms with van der Waals surface area (Å²) in [5.74, 6) is -0.188. The number of hydrogen-bond donors (Lipinski definition) is 1. The van der Waals surface area contributed by atoms with Gasteiger partial charge in [-0.3, -0.25) is 4.79 Å². The van der Waals surface area contributed by atoms with E-state index in [9.17, 15) is 13.2 Å². The van der Waals surface area contributed by atoms with E-state index < -0.39 is 10.0 Å². The summed E-state index contributed by atoms with van der Waals surface area (Å²) in [6.45, 7) is 7.64. The van der Waals surface area contributed by atoms with Gasteiger partial charge >= 0.3 is 0 Å². The Hall–Kier alpha value is -3.30. The number of hydrogen-bond acceptors (Lipinski definition) is 5. The van der Waals surface area contributed by atoms with Crippen molar-refractivity contribution in [3.05, 3.63) is 64.5 Å². The minimum atomic E-state index is -3.61. The summed E-state index contributed by atoms with van der Waals surface area (Å²) in [5, 5.41) is 8.57. The Morgan fingerprint density at radius 3 is 2.50 bits per heavy atom. The Morgan fingerprint density at radius 1 is 1.09 bits per heavy atom. The molecule has 0 aliphatic carbocycles. The molecular weight excluding hydrogens is 450 g/mol. The number of carbonyl (C=O) groups excluding carboxylic acids is 1. The number of fused-ring (bicyclic) bond motifs is 3. The summed E-state index contributed by atoms with van der Waals surface area (Å²) < 4.78 is 28.2. The fraction of sp³-hybridized carbons (Fsp3) is 0.320. The highest BCUT2D eigenvalue weighted by Gasteiger charge is 2.21. The number of aromatic nitrogens is 3. The number of benzene rings is 2. The van der Waals surface area contributed by atoms with E-state index >= 15 is 0 Å². The van der Waals surface area contributed by atoms with Gasteiger partial charge in [0.05, 0.1) is 10.4 Å². The Morgan fingerprint density at radius 2 is 1.79 bits per heavy atom. The third kappa shape index (κ3) is 4.17. The molecule has 4 rings (SSSR count). The third-order valence-electron chi connectivity index (χ3n) is 6.31. The number of amides is 1. The molecule has 2 aromatic carbocycles. The molecule has 2 aromatic heterocycles. The average Bonchev–Trinajstić information content (AvgIpc) is 3.15. The number of anilines is 1. The number of carbonyl (C=O) groups is 1. The Kier molecular flexibility index (Phi) is 6.18. The summed E-state index contributed by atoms with van der Waals surface area (Å²) in [4.78, 5) is 17.8. The van der Waals surface area contributed by atoms with Gasteiger partial charge < -0.3 is 5.32 Å². The molecule has 0 unspecified atom stereocenters. The molecule has 9 heteroatoms. The normalized spacial score (nSPS) is 12.1. The molecule has 0 fully saturated rings. The van der Waals surface area contributed by atoms with Crippen LogP contribution in [0.2, 0.25) is 0 Å². The monoisotopic (exact) mass is 479 g/mol. The molecule has 0 bridgehead atoms. The van der Waals surface area contributed by atoms with E-state index in [4.69, 9.17) is 4.98 Å². The number of nitrogens with one attached hydrogen (secondary N) is 1. The van der Waals surface area contributed by atoms with Crippen LogP contribution in [0.3, 0.4) is 0 Å². The van der Waals surface area contributed by atoms with Crippen molar-refractivity contribution in [1.29, 1.82) is 0 Å². The molecule has 8 nitrogen and oxygen atoms in total. The molecule has 4 aromatic rings. The molecule has 0 saturated carbocycles. The van der Waals surface area contributed by atoms with Crippen molar-refractivity contribution < 1.29 is 13.2 Å². The number of rotatable bonds is 6. The van der Waals surface area contributed by atoms with Crippen LogP contribution < -0.4 is 5.32 Å². The summed E-state index contributed by atoms with van der Waals surface area (Å²) in [6, 6.07) is 11.0. The Labute approximate surface area is 199 Å². The van der Waals surface area contributed by atoms with Crippen molar-refractivity contribution in [3.8, 4) is 0 Å². The fourth-order valence-electron chi connectivity index (χ4n) is 4.11. The van der Waals surface area contributed by atoms with Crippen LogP contribution in [0.1, 0.15) is 34.5 Å². The largest absolute Gasteiger partial charge is 0.326 e. The van der Waals surface area contributed by atoms with Crippen LogP contribution in [0.25, 0.3) is 16.6 Å². The maximum atomic E-state index is 12.9. The first-order valence-electron chi connectivity index (χ1n) is 11.1. The SMILES string of the molecule is Cc1cc(S(=O)(=O)N(C)C)cc(NC(=O)CCc2c(C)nc3c4ccccc4nn3c2C)c1C. The first kappa shape index (κ1) is 23.8. The van der Waals surface area contributed by atoms with Crippen molar-refractivity contribution in [2.75, 3.05) is 19.4 Å². The maximum absolute atomic E-state index is 12.9. The lowest BCUT2D eigenvalue weighted by molar-refractivity contribution is -0.116. The first-order chi connectivity index (χ1) is 16.0. The van der Waals surface area contributed by atoms with Gasteiger partial charge in [-0.1, -0.05) is 12.1 Å². The Bertz CT molecular complexity index is 1540.